The second kappa shape index (κ2) is 11.0. The molecule has 47 heavy (non-hydrogen) atoms. The van der Waals surface area contributed by atoms with Gasteiger partial charge < -0.3 is 0 Å². The molecule has 0 spiro atoms. The van der Waals surface area contributed by atoms with Crippen molar-refractivity contribution in [2.45, 2.75) is 18.8 Å². The van der Waals surface area contributed by atoms with Crippen LogP contribution in [0.25, 0.3) is 60.6 Å². The summed E-state index contributed by atoms with van der Waals surface area (Å²) in [7, 11) is 0. The van der Waals surface area contributed by atoms with E-state index in [4.69, 9.17) is 0 Å². The van der Waals surface area contributed by atoms with Crippen molar-refractivity contribution in [1.29, 1.82) is 0 Å². The maximum Gasteiger partial charge on any atom is 0.0435 e. The fourth-order valence-electron chi connectivity index (χ4n) is 8.24. The minimum Gasteiger partial charge on any atom is -0.0795 e. The Morgan fingerprint density at radius 3 is 1.98 bits per heavy atom. The molecule has 0 radical (unpaired) electrons. The Kier molecular flexibility index (Phi) is 6.44. The summed E-state index contributed by atoms with van der Waals surface area (Å²) < 4.78 is 0. The molecule has 0 amide bonds. The normalized spacial score (nSPS) is 15.4. The number of benzene rings is 8. The average molecular weight is 599 g/mol. The summed E-state index contributed by atoms with van der Waals surface area (Å²) in [6.45, 7) is 2.39. The van der Waals surface area contributed by atoms with Crippen LogP contribution in [0.3, 0.4) is 0 Å². The second-order valence-corrected chi connectivity index (χ2v) is 12.9. The minimum absolute atomic E-state index is 0.187. The second-order valence-electron chi connectivity index (χ2n) is 12.9. The molecule has 222 valence electrons. The maximum atomic E-state index is 2.39. The zero-order valence-electron chi connectivity index (χ0n) is 26.5. The topological polar surface area (TPSA) is 0 Å². The number of allylic oxidation sites excluding steroid dienone is 1. The maximum absolute atomic E-state index is 2.39. The largest absolute Gasteiger partial charge is 0.0795 e. The van der Waals surface area contributed by atoms with Crippen LogP contribution in [0.2, 0.25) is 0 Å². The monoisotopic (exact) mass is 598 g/mol. The van der Waals surface area contributed by atoms with E-state index < -0.39 is 0 Å². The van der Waals surface area contributed by atoms with Crippen LogP contribution in [0.5, 0.6) is 0 Å². The standard InChI is InChI=1S/C47H34/c1-47(35-21-6-3-7-22-35)42-28-13-12-26-41(42)44-33(20-15-29-43(44)47)19-14-27-38-37-24-10-11-25-39(37)45(34-17-4-2-5-18-34)46-36-23-9-8-16-32(36)30-31-40(38)46/h2-18,20-31H,19H2,1H3/b27-14+. The van der Waals surface area contributed by atoms with Crippen molar-refractivity contribution in [3.05, 3.63) is 198 Å². The van der Waals surface area contributed by atoms with Gasteiger partial charge in [0.05, 0.1) is 0 Å². The van der Waals surface area contributed by atoms with Crippen LogP contribution in [0, 0.1) is 0 Å². The molecule has 1 aliphatic carbocycles. The zero-order valence-corrected chi connectivity index (χ0v) is 26.5. The van der Waals surface area contributed by atoms with E-state index >= 15 is 0 Å². The summed E-state index contributed by atoms with van der Waals surface area (Å²) in [5.74, 6) is 0. The van der Waals surface area contributed by atoms with Crippen LogP contribution >= 0.6 is 0 Å². The molecule has 0 heteroatoms. The molecule has 0 heterocycles. The molecule has 8 aromatic carbocycles. The first-order valence-electron chi connectivity index (χ1n) is 16.6. The lowest BCUT2D eigenvalue weighted by Gasteiger charge is -2.28. The highest BCUT2D eigenvalue weighted by Crippen LogP contribution is 2.53. The first-order valence-corrected chi connectivity index (χ1v) is 16.6. The molecule has 0 fully saturated rings. The van der Waals surface area contributed by atoms with Gasteiger partial charge in [0.15, 0.2) is 0 Å². The van der Waals surface area contributed by atoms with Crippen LogP contribution in [-0.2, 0) is 11.8 Å². The van der Waals surface area contributed by atoms with E-state index in [2.05, 4.69) is 183 Å². The Hall–Kier alpha value is -5.72. The van der Waals surface area contributed by atoms with Gasteiger partial charge in [0.2, 0.25) is 0 Å². The molecule has 1 atom stereocenters. The van der Waals surface area contributed by atoms with E-state index in [0.717, 1.165) is 6.42 Å². The molecule has 0 aliphatic heterocycles. The predicted octanol–water partition coefficient (Wildman–Crippen LogP) is 12.4. The number of rotatable bonds is 5. The number of hydrogen-bond donors (Lipinski definition) is 0. The quantitative estimate of drug-likeness (QED) is 0.137. The van der Waals surface area contributed by atoms with E-state index in [-0.39, 0.29) is 5.41 Å². The van der Waals surface area contributed by atoms with E-state index in [9.17, 15) is 0 Å². The van der Waals surface area contributed by atoms with Gasteiger partial charge in [0.1, 0.15) is 0 Å². The Bertz CT molecular complexity index is 2480. The third kappa shape index (κ3) is 4.22. The third-order valence-corrected chi connectivity index (χ3v) is 10.4. The van der Waals surface area contributed by atoms with Crippen molar-refractivity contribution >= 4 is 38.4 Å². The Morgan fingerprint density at radius 1 is 0.489 bits per heavy atom. The van der Waals surface area contributed by atoms with Crippen molar-refractivity contribution in [3.63, 3.8) is 0 Å². The lowest BCUT2D eigenvalue weighted by Crippen LogP contribution is -2.22. The fourth-order valence-corrected chi connectivity index (χ4v) is 8.24. The molecule has 9 rings (SSSR count). The molecule has 0 saturated carbocycles. The predicted molar refractivity (Wildman–Crippen MR) is 201 cm³/mol. The SMILES string of the molecule is CC1(c2ccccc2)c2ccccc2-c2c(C/C=C/c3c4ccccc4c(-c4ccccc4)c4c3ccc3ccccc34)cccc21. The van der Waals surface area contributed by atoms with Gasteiger partial charge in [-0.05, 0) is 95.7 Å². The highest BCUT2D eigenvalue weighted by Gasteiger charge is 2.41. The first-order chi connectivity index (χ1) is 23.2. The van der Waals surface area contributed by atoms with Crippen molar-refractivity contribution in [2.24, 2.45) is 0 Å². The fraction of sp³-hybridized carbons (Fsp3) is 0.0638. The summed E-state index contributed by atoms with van der Waals surface area (Å²) in [4.78, 5) is 0. The third-order valence-electron chi connectivity index (χ3n) is 10.4. The van der Waals surface area contributed by atoms with Gasteiger partial charge in [-0.25, -0.2) is 0 Å². The summed E-state index contributed by atoms with van der Waals surface area (Å²) in [5.41, 5.74) is 11.9. The molecule has 0 aromatic heterocycles. The molecular formula is C47H34. The van der Waals surface area contributed by atoms with Crippen molar-refractivity contribution < 1.29 is 0 Å². The van der Waals surface area contributed by atoms with Gasteiger partial charge in [0.25, 0.3) is 0 Å². The van der Waals surface area contributed by atoms with Crippen molar-refractivity contribution in [2.75, 3.05) is 0 Å². The Labute approximate surface area is 276 Å². The van der Waals surface area contributed by atoms with Crippen LogP contribution in [-0.4, -0.2) is 0 Å². The summed E-state index contributed by atoms with van der Waals surface area (Å²) in [5, 5.41) is 7.74. The zero-order chi connectivity index (χ0) is 31.4. The number of fused-ring (bicyclic) bond motifs is 7. The molecular weight excluding hydrogens is 565 g/mol. The summed E-state index contributed by atoms with van der Waals surface area (Å²) in [6.07, 6.45) is 5.62. The van der Waals surface area contributed by atoms with E-state index in [1.54, 1.807) is 0 Å². The Balaban J connectivity index is 1.23. The van der Waals surface area contributed by atoms with Gasteiger partial charge in [-0.2, -0.15) is 0 Å². The van der Waals surface area contributed by atoms with Gasteiger partial charge in [-0.1, -0.05) is 176 Å². The van der Waals surface area contributed by atoms with Crippen molar-refractivity contribution in [1.82, 2.24) is 0 Å². The van der Waals surface area contributed by atoms with Crippen LogP contribution in [0.15, 0.2) is 170 Å². The molecule has 1 aliphatic rings. The smallest absolute Gasteiger partial charge is 0.0435 e. The molecule has 0 saturated heterocycles. The van der Waals surface area contributed by atoms with Gasteiger partial charge in [-0.3, -0.25) is 0 Å². The Morgan fingerprint density at radius 2 is 1.15 bits per heavy atom. The minimum atomic E-state index is -0.187. The average Bonchev–Trinajstić information content (AvgIpc) is 3.41. The number of hydrogen-bond acceptors (Lipinski definition) is 0. The lowest BCUT2D eigenvalue weighted by molar-refractivity contribution is 0.713. The van der Waals surface area contributed by atoms with Gasteiger partial charge in [-0.15, -0.1) is 0 Å². The lowest BCUT2D eigenvalue weighted by atomic mass is 9.74. The van der Waals surface area contributed by atoms with Gasteiger partial charge in [0, 0.05) is 5.41 Å². The van der Waals surface area contributed by atoms with E-state index in [1.165, 1.54) is 82.4 Å². The molecule has 8 aromatic rings. The van der Waals surface area contributed by atoms with Crippen LogP contribution in [0.1, 0.15) is 34.7 Å². The van der Waals surface area contributed by atoms with E-state index in [1.807, 2.05) is 0 Å². The van der Waals surface area contributed by atoms with Crippen molar-refractivity contribution in [3.8, 4) is 22.3 Å². The highest BCUT2D eigenvalue weighted by atomic mass is 14.4. The molecule has 0 bridgehead atoms. The molecule has 0 nitrogen and oxygen atoms in total. The molecule has 0 N–H and O–H groups in total. The summed E-state index contributed by atoms with van der Waals surface area (Å²) >= 11 is 0. The van der Waals surface area contributed by atoms with E-state index in [0.29, 0.717) is 0 Å². The highest BCUT2D eigenvalue weighted by molar-refractivity contribution is 6.25. The first kappa shape index (κ1) is 27.6. The molecule has 1 unspecified atom stereocenters. The van der Waals surface area contributed by atoms with Crippen LogP contribution < -0.4 is 0 Å². The summed E-state index contributed by atoms with van der Waals surface area (Å²) in [6, 6.07) is 60.1. The van der Waals surface area contributed by atoms with Crippen LogP contribution in [0.4, 0.5) is 0 Å². The van der Waals surface area contributed by atoms with Gasteiger partial charge >= 0.3 is 0 Å².